The summed E-state index contributed by atoms with van der Waals surface area (Å²) in [4.78, 5) is 18.6. The number of likely N-dealkylation sites (N-methyl/N-ethyl adjacent to an activating group) is 1. The molecule has 3 aromatic rings. The van der Waals surface area contributed by atoms with Crippen LogP contribution in [0.2, 0.25) is 0 Å². The molecule has 0 saturated carbocycles. The molecule has 5 rings (SSSR count). The zero-order valence-electron chi connectivity index (χ0n) is 23.5. The fourth-order valence-corrected chi connectivity index (χ4v) is 6.30. The van der Waals surface area contributed by atoms with Gasteiger partial charge in [-0.3, -0.25) is 9.69 Å². The van der Waals surface area contributed by atoms with Gasteiger partial charge in [0.2, 0.25) is 5.91 Å². The first-order valence-electron chi connectivity index (χ1n) is 13.5. The van der Waals surface area contributed by atoms with Crippen LogP contribution in [0.5, 0.6) is 17.2 Å². The van der Waals surface area contributed by atoms with E-state index in [-0.39, 0.29) is 24.0 Å². The fraction of sp³-hybridized carbons (Fsp3) is 0.406. The maximum Gasteiger partial charge on any atom is 0.241 e. The third-order valence-electron chi connectivity index (χ3n) is 8.08. The van der Waals surface area contributed by atoms with Gasteiger partial charge in [-0.1, -0.05) is 60.7 Å². The first-order chi connectivity index (χ1) is 19.0. The average Bonchev–Trinajstić information content (AvgIpc) is 2.95. The van der Waals surface area contributed by atoms with Gasteiger partial charge in [0.05, 0.1) is 46.6 Å². The Kier molecular flexibility index (Phi) is 8.10. The van der Waals surface area contributed by atoms with Gasteiger partial charge in [-0.25, -0.2) is 0 Å². The summed E-state index contributed by atoms with van der Waals surface area (Å²) in [5, 5.41) is 0. The molecule has 39 heavy (non-hydrogen) atoms. The highest BCUT2D eigenvalue weighted by Gasteiger charge is 2.48. The smallest absolute Gasteiger partial charge is 0.241 e. The number of carbonyl (C=O) groups is 1. The van der Waals surface area contributed by atoms with E-state index < -0.39 is 0 Å². The molecule has 2 aliphatic heterocycles. The molecule has 206 valence electrons. The molecule has 0 N–H and O–H groups in total. The maximum absolute atomic E-state index is 14.3. The fourth-order valence-electron chi connectivity index (χ4n) is 6.30. The number of nitrogens with zero attached hydrogens (tertiary/aromatic N) is 2. The number of benzene rings is 3. The number of piperazine rings is 1. The van der Waals surface area contributed by atoms with Crippen LogP contribution in [0.4, 0.5) is 0 Å². The van der Waals surface area contributed by atoms with E-state index in [9.17, 15) is 4.79 Å². The highest BCUT2D eigenvalue weighted by Crippen LogP contribution is 2.51. The van der Waals surface area contributed by atoms with E-state index in [1.165, 1.54) is 0 Å². The van der Waals surface area contributed by atoms with Crippen LogP contribution in [-0.2, 0) is 29.0 Å². The molecule has 0 radical (unpaired) electrons. The quantitative estimate of drug-likeness (QED) is 0.403. The van der Waals surface area contributed by atoms with E-state index in [0.29, 0.717) is 37.6 Å². The summed E-state index contributed by atoms with van der Waals surface area (Å²) in [6.07, 6.45) is 1.32. The van der Waals surface area contributed by atoms with Crippen LogP contribution in [-0.4, -0.2) is 69.3 Å². The zero-order valence-corrected chi connectivity index (χ0v) is 23.5. The first kappa shape index (κ1) is 27.0. The van der Waals surface area contributed by atoms with Crippen molar-refractivity contribution < 1.29 is 23.7 Å². The topological polar surface area (TPSA) is 60.5 Å². The predicted molar refractivity (Wildman–Crippen MR) is 151 cm³/mol. The number of hydrogen-bond acceptors (Lipinski definition) is 6. The molecule has 0 aliphatic carbocycles. The van der Waals surface area contributed by atoms with Crippen molar-refractivity contribution in [3.05, 3.63) is 88.5 Å². The monoisotopic (exact) mass is 530 g/mol. The molecule has 7 nitrogen and oxygen atoms in total. The number of fused-ring (bicyclic) bond motifs is 2. The molecular formula is C32H38N2O5. The molecule has 0 spiro atoms. The number of rotatable bonds is 9. The van der Waals surface area contributed by atoms with E-state index >= 15 is 0 Å². The van der Waals surface area contributed by atoms with E-state index in [1.807, 2.05) is 55.5 Å². The zero-order chi connectivity index (χ0) is 27.5. The Morgan fingerprint density at radius 1 is 0.821 bits per heavy atom. The lowest BCUT2D eigenvalue weighted by atomic mass is 9.82. The third kappa shape index (κ3) is 5.09. The lowest BCUT2D eigenvalue weighted by molar-refractivity contribution is -0.152. The second-order valence-electron chi connectivity index (χ2n) is 10.4. The Bertz CT molecular complexity index is 1300. The molecule has 1 amide bonds. The van der Waals surface area contributed by atoms with Gasteiger partial charge in [0.15, 0.2) is 11.5 Å². The summed E-state index contributed by atoms with van der Waals surface area (Å²) < 4.78 is 24.1. The molecular weight excluding hydrogens is 492 g/mol. The van der Waals surface area contributed by atoms with Crippen LogP contribution in [0.1, 0.15) is 33.9 Å². The molecule has 1 saturated heterocycles. The molecule has 1 fully saturated rings. The Morgan fingerprint density at radius 3 is 2.05 bits per heavy atom. The SMILES string of the molecule is COc1c(C)c(OC)c(OC)c2c1C[C@H]1CN(C)[C@@H](Cc3ccccc3)C(=O)N1[C@H]2COCc1ccccc1. The molecule has 2 heterocycles. The molecule has 0 unspecified atom stereocenters. The summed E-state index contributed by atoms with van der Waals surface area (Å²) in [5.41, 5.74) is 5.10. The van der Waals surface area contributed by atoms with Gasteiger partial charge >= 0.3 is 0 Å². The minimum atomic E-state index is -0.347. The third-order valence-corrected chi connectivity index (χ3v) is 8.08. The number of amides is 1. The molecule has 0 bridgehead atoms. The van der Waals surface area contributed by atoms with Gasteiger partial charge in [0, 0.05) is 29.3 Å². The van der Waals surface area contributed by atoms with Crippen molar-refractivity contribution in [2.75, 3.05) is 41.5 Å². The van der Waals surface area contributed by atoms with Crippen LogP contribution in [0, 0.1) is 6.92 Å². The maximum atomic E-state index is 14.3. The highest BCUT2D eigenvalue weighted by molar-refractivity contribution is 5.85. The second-order valence-corrected chi connectivity index (χ2v) is 10.4. The van der Waals surface area contributed by atoms with Gasteiger partial charge < -0.3 is 23.8 Å². The van der Waals surface area contributed by atoms with Crippen molar-refractivity contribution in [3.8, 4) is 17.2 Å². The van der Waals surface area contributed by atoms with E-state index in [1.54, 1.807) is 21.3 Å². The molecule has 3 atom stereocenters. The van der Waals surface area contributed by atoms with Crippen molar-refractivity contribution in [2.45, 2.75) is 44.5 Å². The predicted octanol–water partition coefficient (Wildman–Crippen LogP) is 4.59. The first-order valence-corrected chi connectivity index (χ1v) is 13.5. The van der Waals surface area contributed by atoms with Crippen LogP contribution >= 0.6 is 0 Å². The Labute approximate surface area is 231 Å². The summed E-state index contributed by atoms with van der Waals surface area (Å²) in [7, 11) is 7.04. The largest absolute Gasteiger partial charge is 0.496 e. The van der Waals surface area contributed by atoms with E-state index in [4.69, 9.17) is 18.9 Å². The summed E-state index contributed by atoms with van der Waals surface area (Å²) in [6.45, 7) is 3.53. The minimum absolute atomic E-state index is 0.0150. The van der Waals surface area contributed by atoms with Crippen molar-refractivity contribution in [3.63, 3.8) is 0 Å². The second kappa shape index (κ2) is 11.7. The molecule has 3 aromatic carbocycles. The van der Waals surface area contributed by atoms with Gasteiger partial charge in [0.25, 0.3) is 0 Å². The van der Waals surface area contributed by atoms with Crippen LogP contribution < -0.4 is 14.2 Å². The lowest BCUT2D eigenvalue weighted by Crippen LogP contribution is -2.64. The molecule has 2 aliphatic rings. The van der Waals surface area contributed by atoms with Crippen LogP contribution in [0.3, 0.4) is 0 Å². The van der Waals surface area contributed by atoms with Gasteiger partial charge in [-0.2, -0.15) is 0 Å². The summed E-state index contributed by atoms with van der Waals surface area (Å²) in [6, 6.07) is 19.7. The van der Waals surface area contributed by atoms with Gasteiger partial charge in [-0.15, -0.1) is 0 Å². The number of carbonyl (C=O) groups excluding carboxylic acids is 1. The van der Waals surface area contributed by atoms with Crippen LogP contribution in [0.15, 0.2) is 60.7 Å². The Balaban J connectivity index is 1.57. The van der Waals surface area contributed by atoms with E-state index in [2.05, 4.69) is 29.0 Å². The molecule has 7 heteroatoms. The highest BCUT2D eigenvalue weighted by atomic mass is 16.5. The normalized spacial score (nSPS) is 20.8. The summed E-state index contributed by atoms with van der Waals surface area (Å²) in [5.74, 6) is 2.17. The van der Waals surface area contributed by atoms with Crippen molar-refractivity contribution in [2.24, 2.45) is 0 Å². The minimum Gasteiger partial charge on any atom is -0.496 e. The van der Waals surface area contributed by atoms with Crippen LogP contribution in [0.25, 0.3) is 0 Å². The number of hydrogen-bond donors (Lipinski definition) is 0. The number of ether oxygens (including phenoxy) is 4. The number of methoxy groups -OCH3 is 3. The van der Waals surface area contributed by atoms with Crippen molar-refractivity contribution >= 4 is 5.91 Å². The average molecular weight is 531 g/mol. The van der Waals surface area contributed by atoms with Crippen molar-refractivity contribution in [1.82, 2.24) is 9.80 Å². The van der Waals surface area contributed by atoms with Crippen molar-refractivity contribution in [1.29, 1.82) is 0 Å². The van der Waals surface area contributed by atoms with E-state index in [0.717, 1.165) is 40.1 Å². The Morgan fingerprint density at radius 2 is 1.44 bits per heavy atom. The lowest BCUT2D eigenvalue weighted by Gasteiger charge is -2.51. The summed E-state index contributed by atoms with van der Waals surface area (Å²) >= 11 is 0. The Hall–Kier alpha value is -3.55. The van der Waals surface area contributed by atoms with Gasteiger partial charge in [-0.05, 0) is 37.9 Å². The van der Waals surface area contributed by atoms with Gasteiger partial charge in [0.1, 0.15) is 5.75 Å². The standard InChI is InChI=1S/C32H38N2O5/c1-21-29(36-3)25-17-24-18-33(2)26(16-22-12-8-6-9-13-22)32(35)34(24)27(28(25)31(38-5)30(21)37-4)20-39-19-23-14-10-7-11-15-23/h6-15,24,26-27H,16-20H2,1-5H3/t24-,26-,27-/m0/s1. The molecule has 0 aromatic heterocycles.